The van der Waals surface area contributed by atoms with Crippen molar-refractivity contribution >= 4 is 37.5 Å². The van der Waals surface area contributed by atoms with Gasteiger partial charge in [-0.3, -0.25) is 4.79 Å². The van der Waals surface area contributed by atoms with Crippen molar-refractivity contribution in [1.29, 1.82) is 0 Å². The van der Waals surface area contributed by atoms with Crippen molar-refractivity contribution in [1.82, 2.24) is 15.4 Å². The molecule has 0 fully saturated rings. The van der Waals surface area contributed by atoms with Crippen LogP contribution in [0, 0.1) is 5.82 Å². The van der Waals surface area contributed by atoms with E-state index in [-0.39, 0.29) is 31.5 Å². The van der Waals surface area contributed by atoms with E-state index >= 15 is 0 Å². The Kier molecular flexibility index (Phi) is 18.0. The minimum absolute atomic E-state index is 0. The van der Waals surface area contributed by atoms with E-state index in [0.717, 1.165) is 16.8 Å². The molecule has 1 aromatic heterocycles. The van der Waals surface area contributed by atoms with Crippen molar-refractivity contribution in [2.24, 2.45) is 16.6 Å². The molecule has 11 nitrogen and oxygen atoms in total. The number of allylic oxidation sites excluding steroid dienone is 1. The lowest BCUT2D eigenvalue weighted by molar-refractivity contribution is -0.123. The Labute approximate surface area is 223 Å². The number of rotatable bonds is 10. The number of carbonyl (C=O) groups excluding carboxylic acids is 3. The molecule has 6 N–H and O–H groups in total. The molecule has 0 aliphatic heterocycles. The third kappa shape index (κ3) is 12.2. The Morgan fingerprint density at radius 3 is 2.24 bits per heavy atom. The number of hydrogen-bond donors (Lipinski definition) is 4. The minimum Gasteiger partial charge on any atom is -0.393 e. The van der Waals surface area contributed by atoms with Crippen LogP contribution in [0.4, 0.5) is 10.3 Å². The van der Waals surface area contributed by atoms with E-state index in [4.69, 9.17) is 31.0 Å². The molecule has 0 aliphatic rings. The van der Waals surface area contributed by atoms with Crippen LogP contribution in [0.2, 0.25) is 0 Å². The summed E-state index contributed by atoms with van der Waals surface area (Å²) in [7, 11) is 3.74. The molecule has 0 spiro atoms. The molecule has 2 rings (SSSR count). The molecule has 210 valence electrons. The van der Waals surface area contributed by atoms with E-state index < -0.39 is 12.0 Å². The first-order valence-corrected chi connectivity index (χ1v) is 11.2. The van der Waals surface area contributed by atoms with E-state index in [1.165, 1.54) is 12.1 Å². The Balaban J connectivity index is 0. The number of guanidine groups is 1. The highest BCUT2D eigenvalue weighted by Crippen LogP contribution is 2.31. The van der Waals surface area contributed by atoms with Crippen molar-refractivity contribution in [2.75, 3.05) is 19.0 Å². The standard InChI is InChI=1S/C23H32FN7O2.2CH2O.CH4/c1-14(2)20-18(8-6-5-7-17(32)13-19(33)29-30-22(25)26)21(28-23(27-20)31(3)4)15-9-11-16(24)12-10-15;2*1-2;/h6,8-12,14,17,32H,5,7,13H2,1-4H3,(H,29,33)(H4,25,26,30);2*1H2;1H4/b8-6+;;;. The maximum absolute atomic E-state index is 13.5. The van der Waals surface area contributed by atoms with E-state index in [9.17, 15) is 14.3 Å². The average Bonchev–Trinajstić information content (AvgIpc) is 2.87. The van der Waals surface area contributed by atoms with E-state index in [1.54, 1.807) is 12.1 Å². The van der Waals surface area contributed by atoms with Gasteiger partial charge in [-0.2, -0.15) is 0 Å². The van der Waals surface area contributed by atoms with Crippen LogP contribution in [0.1, 0.15) is 57.7 Å². The summed E-state index contributed by atoms with van der Waals surface area (Å²) in [5.41, 5.74) is 15.7. The Bertz CT molecular complexity index is 1040. The first-order chi connectivity index (χ1) is 17.6. The summed E-state index contributed by atoms with van der Waals surface area (Å²) in [6.45, 7) is 8.10. The number of carbonyl (C=O) groups is 3. The molecule has 12 heteroatoms. The molecule has 1 atom stereocenters. The van der Waals surface area contributed by atoms with Crippen molar-refractivity contribution in [3.8, 4) is 11.3 Å². The van der Waals surface area contributed by atoms with Crippen molar-refractivity contribution in [3.63, 3.8) is 0 Å². The fraction of sp³-hybridized carbons (Fsp3) is 0.385. The van der Waals surface area contributed by atoms with Crippen LogP contribution in [-0.4, -0.2) is 60.7 Å². The summed E-state index contributed by atoms with van der Waals surface area (Å²) < 4.78 is 13.5. The third-order valence-electron chi connectivity index (χ3n) is 4.71. The van der Waals surface area contributed by atoms with Gasteiger partial charge in [0.25, 0.3) is 0 Å². The minimum atomic E-state index is -0.850. The molecule has 1 amide bonds. The molecule has 0 saturated carbocycles. The van der Waals surface area contributed by atoms with Crippen LogP contribution < -0.4 is 21.8 Å². The summed E-state index contributed by atoms with van der Waals surface area (Å²) in [4.78, 5) is 38.9. The van der Waals surface area contributed by atoms with Crippen LogP contribution in [-0.2, 0) is 14.4 Å². The lowest BCUT2D eigenvalue weighted by atomic mass is 9.97. The van der Waals surface area contributed by atoms with Gasteiger partial charge in [0, 0.05) is 25.2 Å². The van der Waals surface area contributed by atoms with Crippen molar-refractivity contribution in [2.45, 2.75) is 52.6 Å². The lowest BCUT2D eigenvalue weighted by Crippen LogP contribution is -2.30. The number of halogens is 1. The number of nitrogens with one attached hydrogen (secondary N) is 1. The number of benzene rings is 1. The summed E-state index contributed by atoms with van der Waals surface area (Å²) in [6.07, 6.45) is 3.74. The van der Waals surface area contributed by atoms with Crippen LogP contribution in [0.5, 0.6) is 0 Å². The zero-order valence-electron chi connectivity index (χ0n) is 21.6. The monoisotopic (exact) mass is 533 g/mol. The Hall–Kier alpha value is -4.19. The molecule has 0 radical (unpaired) electrons. The second-order valence-electron chi connectivity index (χ2n) is 8.14. The summed E-state index contributed by atoms with van der Waals surface area (Å²) in [5, 5.41) is 13.5. The SMILES string of the molecule is C.C=O.C=O.CC(C)c1nc(N(C)C)nc(-c2ccc(F)cc2)c1/C=C/CCC(O)CC(=O)NN=C(N)N. The molecule has 38 heavy (non-hydrogen) atoms. The fourth-order valence-electron chi connectivity index (χ4n) is 3.09. The van der Waals surface area contributed by atoms with Crippen LogP contribution in [0.25, 0.3) is 17.3 Å². The number of aromatic nitrogens is 2. The number of aliphatic hydroxyl groups is 1. The number of anilines is 1. The quantitative estimate of drug-likeness (QED) is 0.203. The number of aliphatic hydroxyl groups excluding tert-OH is 1. The number of hydrogen-bond acceptors (Lipinski definition) is 8. The van der Waals surface area contributed by atoms with Crippen LogP contribution >= 0.6 is 0 Å². The van der Waals surface area contributed by atoms with Crippen molar-refractivity contribution < 1.29 is 23.9 Å². The molecule has 0 bridgehead atoms. The van der Waals surface area contributed by atoms with Gasteiger partial charge < -0.3 is 31.1 Å². The molecular formula is C26H40FN7O4. The molecule has 1 heterocycles. The number of nitrogens with two attached hydrogens (primary N) is 2. The highest BCUT2D eigenvalue weighted by atomic mass is 19.1. The van der Waals surface area contributed by atoms with Crippen LogP contribution in [0.15, 0.2) is 35.4 Å². The molecular weight excluding hydrogens is 493 g/mol. The van der Waals surface area contributed by atoms with Crippen LogP contribution in [0.3, 0.4) is 0 Å². The fourth-order valence-corrected chi connectivity index (χ4v) is 3.09. The zero-order valence-corrected chi connectivity index (χ0v) is 21.6. The third-order valence-corrected chi connectivity index (χ3v) is 4.71. The van der Waals surface area contributed by atoms with Gasteiger partial charge in [-0.1, -0.05) is 33.4 Å². The van der Waals surface area contributed by atoms with Gasteiger partial charge in [0.15, 0.2) is 0 Å². The molecule has 1 unspecified atom stereocenters. The number of nitrogens with zero attached hydrogens (tertiary/aromatic N) is 4. The normalized spacial score (nSPS) is 10.7. The molecule has 0 saturated heterocycles. The van der Waals surface area contributed by atoms with Gasteiger partial charge in [-0.15, -0.1) is 5.10 Å². The maximum Gasteiger partial charge on any atom is 0.242 e. The summed E-state index contributed by atoms with van der Waals surface area (Å²) in [5.74, 6) is -0.373. The van der Waals surface area contributed by atoms with Gasteiger partial charge >= 0.3 is 0 Å². The van der Waals surface area contributed by atoms with Gasteiger partial charge in [-0.25, -0.2) is 19.8 Å². The molecule has 0 aliphatic carbocycles. The number of amides is 1. The highest BCUT2D eigenvalue weighted by Gasteiger charge is 2.18. The van der Waals surface area contributed by atoms with Gasteiger partial charge in [0.2, 0.25) is 17.8 Å². The second-order valence-corrected chi connectivity index (χ2v) is 8.14. The Morgan fingerprint density at radius 2 is 1.74 bits per heavy atom. The molecule has 1 aromatic carbocycles. The highest BCUT2D eigenvalue weighted by molar-refractivity contribution is 5.80. The van der Waals surface area contributed by atoms with E-state index in [2.05, 4.69) is 10.5 Å². The van der Waals surface area contributed by atoms with E-state index in [1.807, 2.05) is 58.6 Å². The predicted molar refractivity (Wildman–Crippen MR) is 150 cm³/mol. The van der Waals surface area contributed by atoms with E-state index in [0.29, 0.717) is 24.5 Å². The number of hydrazone groups is 1. The Morgan fingerprint density at radius 1 is 1.16 bits per heavy atom. The van der Waals surface area contributed by atoms with Gasteiger partial charge in [-0.05, 0) is 43.0 Å². The van der Waals surface area contributed by atoms with Crippen molar-refractivity contribution in [3.05, 3.63) is 47.4 Å². The average molecular weight is 534 g/mol. The largest absolute Gasteiger partial charge is 0.393 e. The lowest BCUT2D eigenvalue weighted by Gasteiger charge is -2.19. The first kappa shape index (κ1) is 36.0. The second kappa shape index (κ2) is 19.0. The first-order valence-electron chi connectivity index (χ1n) is 11.2. The zero-order chi connectivity index (χ0) is 28.5. The summed E-state index contributed by atoms with van der Waals surface area (Å²) >= 11 is 0. The topological polar surface area (TPSA) is 177 Å². The summed E-state index contributed by atoms with van der Waals surface area (Å²) in [6, 6.07) is 6.19. The predicted octanol–water partition coefficient (Wildman–Crippen LogP) is 2.59. The maximum atomic E-state index is 13.5. The van der Waals surface area contributed by atoms with Gasteiger partial charge in [0.05, 0.1) is 23.9 Å². The molecule has 2 aromatic rings. The van der Waals surface area contributed by atoms with Gasteiger partial charge in [0.1, 0.15) is 19.4 Å². The smallest absolute Gasteiger partial charge is 0.242 e.